The summed E-state index contributed by atoms with van der Waals surface area (Å²) in [5, 5.41) is 0.210. The molecule has 0 radical (unpaired) electrons. The maximum absolute atomic E-state index is 11.4. The molecule has 0 saturated carbocycles. The van der Waals surface area contributed by atoms with Crippen molar-refractivity contribution in [2.45, 2.75) is 0 Å². The fourth-order valence-corrected chi connectivity index (χ4v) is 2.15. The van der Waals surface area contributed by atoms with Gasteiger partial charge in [-0.15, -0.1) is 0 Å². The van der Waals surface area contributed by atoms with Gasteiger partial charge in [-0.3, -0.25) is 4.79 Å². The van der Waals surface area contributed by atoms with Gasteiger partial charge in [0.2, 0.25) is 0 Å². The van der Waals surface area contributed by atoms with Crippen LogP contribution in [0.25, 0.3) is 0 Å². The van der Waals surface area contributed by atoms with Crippen LogP contribution in [0, 0.1) is 0 Å². The second kappa shape index (κ2) is 2.87. The summed E-state index contributed by atoms with van der Waals surface area (Å²) in [4.78, 5) is 17.3. The summed E-state index contributed by atoms with van der Waals surface area (Å²) in [6.07, 6.45) is 0. The molecule has 0 N–H and O–H groups in total. The molecule has 1 fully saturated rings. The largest absolute Gasteiger partial charge is 0.334 e. The van der Waals surface area contributed by atoms with E-state index in [1.807, 2.05) is 0 Å². The quantitative estimate of drug-likeness (QED) is 0.681. The zero-order chi connectivity index (χ0) is 8.72. The number of carbonyl (C=O) groups excluding carboxylic acids is 1. The second-order valence-corrected chi connectivity index (χ2v) is 4.32. The molecular weight excluding hydrogens is 219 g/mol. The highest BCUT2D eigenvalue weighted by molar-refractivity contribution is 7.18. The Hall–Kier alpha value is -0.320. The van der Waals surface area contributed by atoms with E-state index < -0.39 is 0 Å². The molecule has 1 amide bonds. The average Bonchev–Trinajstić information content (AvgIpc) is 2.77. The third kappa shape index (κ3) is 1.42. The van der Waals surface area contributed by atoms with Crippen molar-refractivity contribution in [2.24, 2.45) is 0 Å². The molecule has 64 valence electrons. The fourth-order valence-electron chi connectivity index (χ4n) is 0.806. The lowest BCUT2D eigenvalue weighted by atomic mass is 10.5. The van der Waals surface area contributed by atoms with Gasteiger partial charge in [-0.05, 0) is 0 Å². The number of rotatable bonds is 1. The van der Waals surface area contributed by atoms with Gasteiger partial charge in [-0.2, -0.15) is 0 Å². The molecule has 0 unspecified atom stereocenters. The number of amides is 1. The summed E-state index contributed by atoms with van der Waals surface area (Å²) in [6, 6.07) is 0. The standard InChI is InChI=1S/C6H4Cl2N2OS/c7-4-3(12-6(8)9-4)5(11)10-1-2-10/h1-2H2. The second-order valence-electron chi connectivity index (χ2n) is 2.38. The molecule has 1 aliphatic heterocycles. The Morgan fingerprint density at radius 2 is 2.17 bits per heavy atom. The molecule has 0 bridgehead atoms. The molecular formula is C6H4Cl2N2OS. The van der Waals surface area contributed by atoms with Crippen LogP contribution in [0.5, 0.6) is 0 Å². The monoisotopic (exact) mass is 222 g/mol. The minimum Gasteiger partial charge on any atom is -0.334 e. The minimum absolute atomic E-state index is 0.0654. The first-order valence-electron chi connectivity index (χ1n) is 3.29. The number of hydrogen-bond acceptors (Lipinski definition) is 3. The highest BCUT2D eigenvalue weighted by Crippen LogP contribution is 2.28. The first-order valence-corrected chi connectivity index (χ1v) is 4.87. The SMILES string of the molecule is O=C(c1sc(Cl)nc1Cl)N1CC1. The number of aromatic nitrogens is 1. The predicted molar refractivity (Wildman–Crippen MR) is 48.0 cm³/mol. The molecule has 0 spiro atoms. The van der Waals surface area contributed by atoms with Crippen molar-refractivity contribution in [3.8, 4) is 0 Å². The fraction of sp³-hybridized carbons (Fsp3) is 0.333. The van der Waals surface area contributed by atoms with Gasteiger partial charge in [-0.25, -0.2) is 4.98 Å². The van der Waals surface area contributed by atoms with E-state index in [2.05, 4.69) is 4.98 Å². The molecule has 1 aromatic heterocycles. The van der Waals surface area contributed by atoms with Crippen LogP contribution >= 0.6 is 34.5 Å². The molecule has 2 heterocycles. The molecule has 0 aliphatic carbocycles. The maximum atomic E-state index is 11.4. The lowest BCUT2D eigenvalue weighted by molar-refractivity contribution is 0.0890. The highest BCUT2D eigenvalue weighted by Gasteiger charge is 2.29. The van der Waals surface area contributed by atoms with Crippen LogP contribution in [0.4, 0.5) is 0 Å². The Bertz CT molecular complexity index is 334. The van der Waals surface area contributed by atoms with Crippen molar-refractivity contribution in [3.05, 3.63) is 14.5 Å². The third-order valence-electron chi connectivity index (χ3n) is 1.49. The molecule has 1 saturated heterocycles. The highest BCUT2D eigenvalue weighted by atomic mass is 35.5. The number of thiazole rings is 1. The van der Waals surface area contributed by atoms with Gasteiger partial charge in [-0.1, -0.05) is 34.5 Å². The Balaban J connectivity index is 2.31. The van der Waals surface area contributed by atoms with E-state index in [-0.39, 0.29) is 11.1 Å². The average molecular weight is 223 g/mol. The summed E-state index contributed by atoms with van der Waals surface area (Å²) in [5.41, 5.74) is 0. The Kier molecular flexibility index (Phi) is 1.98. The van der Waals surface area contributed by atoms with E-state index in [9.17, 15) is 4.79 Å². The van der Waals surface area contributed by atoms with Gasteiger partial charge in [0, 0.05) is 13.1 Å². The van der Waals surface area contributed by atoms with E-state index in [1.165, 1.54) is 0 Å². The van der Waals surface area contributed by atoms with E-state index in [1.54, 1.807) is 4.90 Å². The van der Waals surface area contributed by atoms with Crippen molar-refractivity contribution < 1.29 is 4.79 Å². The van der Waals surface area contributed by atoms with Gasteiger partial charge >= 0.3 is 0 Å². The van der Waals surface area contributed by atoms with Crippen molar-refractivity contribution in [1.29, 1.82) is 0 Å². The predicted octanol–water partition coefficient (Wildman–Crippen LogP) is 1.91. The molecule has 12 heavy (non-hydrogen) atoms. The number of carbonyl (C=O) groups is 1. The van der Waals surface area contributed by atoms with Crippen molar-refractivity contribution in [3.63, 3.8) is 0 Å². The van der Waals surface area contributed by atoms with Gasteiger partial charge in [0.15, 0.2) is 9.62 Å². The minimum atomic E-state index is -0.0654. The zero-order valence-corrected chi connectivity index (χ0v) is 8.21. The van der Waals surface area contributed by atoms with Crippen molar-refractivity contribution >= 4 is 40.4 Å². The van der Waals surface area contributed by atoms with Crippen LogP contribution in [0.2, 0.25) is 9.62 Å². The van der Waals surface area contributed by atoms with Crippen LogP contribution < -0.4 is 0 Å². The van der Waals surface area contributed by atoms with Gasteiger partial charge < -0.3 is 4.90 Å². The summed E-state index contributed by atoms with van der Waals surface area (Å²) in [5.74, 6) is -0.0654. The molecule has 3 nitrogen and oxygen atoms in total. The van der Waals surface area contributed by atoms with E-state index in [0.29, 0.717) is 9.34 Å². The summed E-state index contributed by atoms with van der Waals surface area (Å²) >= 11 is 12.4. The zero-order valence-electron chi connectivity index (χ0n) is 5.88. The third-order valence-corrected chi connectivity index (χ3v) is 3.02. The van der Waals surface area contributed by atoms with Crippen LogP contribution in [-0.2, 0) is 0 Å². The van der Waals surface area contributed by atoms with Crippen LogP contribution in [-0.4, -0.2) is 28.9 Å². The van der Waals surface area contributed by atoms with Gasteiger partial charge in [0.05, 0.1) is 0 Å². The Labute approximate surface area is 82.9 Å². The van der Waals surface area contributed by atoms with Crippen LogP contribution in [0.15, 0.2) is 0 Å². The molecule has 2 rings (SSSR count). The van der Waals surface area contributed by atoms with Gasteiger partial charge in [0.1, 0.15) is 4.88 Å². The van der Waals surface area contributed by atoms with Crippen LogP contribution in [0.1, 0.15) is 9.67 Å². The van der Waals surface area contributed by atoms with E-state index >= 15 is 0 Å². The number of nitrogens with zero attached hydrogens (tertiary/aromatic N) is 2. The summed E-state index contributed by atoms with van der Waals surface area (Å²) < 4.78 is 0.310. The molecule has 1 aliphatic rings. The van der Waals surface area contributed by atoms with E-state index in [4.69, 9.17) is 23.2 Å². The smallest absolute Gasteiger partial charge is 0.267 e. The Morgan fingerprint density at radius 3 is 2.58 bits per heavy atom. The summed E-state index contributed by atoms with van der Waals surface area (Å²) in [6.45, 7) is 1.62. The number of halogens is 2. The summed E-state index contributed by atoms with van der Waals surface area (Å²) in [7, 11) is 0. The molecule has 0 aromatic carbocycles. The normalized spacial score (nSPS) is 15.0. The molecule has 1 aromatic rings. The van der Waals surface area contributed by atoms with Crippen LogP contribution in [0.3, 0.4) is 0 Å². The lowest BCUT2D eigenvalue weighted by Crippen LogP contribution is -2.08. The maximum Gasteiger partial charge on any atom is 0.267 e. The Morgan fingerprint density at radius 1 is 1.50 bits per heavy atom. The van der Waals surface area contributed by atoms with Gasteiger partial charge in [0.25, 0.3) is 5.91 Å². The van der Waals surface area contributed by atoms with Crippen molar-refractivity contribution in [1.82, 2.24) is 9.88 Å². The first-order chi connectivity index (χ1) is 5.68. The van der Waals surface area contributed by atoms with E-state index in [0.717, 1.165) is 24.4 Å². The topological polar surface area (TPSA) is 33.0 Å². The first kappa shape index (κ1) is 8.29. The number of hydrogen-bond donors (Lipinski definition) is 0. The van der Waals surface area contributed by atoms with Crippen molar-refractivity contribution in [2.75, 3.05) is 13.1 Å². The lowest BCUT2D eigenvalue weighted by Gasteiger charge is -1.95. The molecule has 0 atom stereocenters. The molecule has 6 heteroatoms.